The van der Waals surface area contributed by atoms with Gasteiger partial charge in [0.05, 0.1) is 18.6 Å². The van der Waals surface area contributed by atoms with E-state index >= 15 is 0 Å². The third kappa shape index (κ3) is 2.34. The summed E-state index contributed by atoms with van der Waals surface area (Å²) in [6, 6.07) is 3.49. The molecule has 1 saturated carbocycles. The average Bonchev–Trinajstić information content (AvgIpc) is 2.82. The maximum Gasteiger partial charge on any atom is 0.229 e. The lowest BCUT2D eigenvalue weighted by Crippen LogP contribution is -2.18. The Morgan fingerprint density at radius 2 is 1.91 bits per heavy atom. The predicted molar refractivity (Wildman–Crippen MR) is 82.6 cm³/mol. The highest BCUT2D eigenvalue weighted by molar-refractivity contribution is 5.95. The molecule has 0 atom stereocenters. The average molecular weight is 300 g/mol. The first-order chi connectivity index (χ1) is 10.3. The summed E-state index contributed by atoms with van der Waals surface area (Å²) in [7, 11) is 0. The molecule has 1 amide bonds. The number of anilines is 1. The van der Waals surface area contributed by atoms with Crippen LogP contribution in [0.3, 0.4) is 0 Å². The van der Waals surface area contributed by atoms with Gasteiger partial charge in [-0.15, -0.1) is 0 Å². The van der Waals surface area contributed by atoms with Crippen molar-refractivity contribution in [3.8, 4) is 11.5 Å². The monoisotopic (exact) mass is 300 g/mol. The highest BCUT2D eigenvalue weighted by Gasteiger charge is 2.68. The molecule has 0 spiro atoms. The number of pyridine rings is 1. The largest absolute Gasteiger partial charge is 0.452 e. The molecule has 1 fully saturated rings. The number of carbonyl (C=O) groups is 1. The molecule has 2 aromatic rings. The molecule has 0 radical (unpaired) electrons. The van der Waals surface area contributed by atoms with Crippen LogP contribution in [0.25, 0.3) is 0 Å². The lowest BCUT2D eigenvalue weighted by atomic mass is 10.0. The molecule has 0 saturated heterocycles. The van der Waals surface area contributed by atoms with Gasteiger partial charge in [0.1, 0.15) is 11.6 Å². The van der Waals surface area contributed by atoms with Crippen molar-refractivity contribution in [1.29, 1.82) is 0 Å². The quantitative estimate of drug-likeness (QED) is 0.908. The summed E-state index contributed by atoms with van der Waals surface area (Å²) in [6.07, 6.45) is 4.80. The van der Waals surface area contributed by atoms with E-state index in [9.17, 15) is 4.79 Å². The number of nitrogens with zero attached hydrogens (tertiary/aromatic N) is 2. The molecular weight excluding hydrogens is 280 g/mol. The van der Waals surface area contributed by atoms with Crippen molar-refractivity contribution >= 4 is 11.7 Å². The van der Waals surface area contributed by atoms with Gasteiger partial charge in [-0.1, -0.05) is 27.7 Å². The van der Waals surface area contributed by atoms with E-state index in [4.69, 9.17) is 4.74 Å². The van der Waals surface area contributed by atoms with Crippen molar-refractivity contribution in [3.63, 3.8) is 0 Å². The molecule has 0 aromatic carbocycles. The number of amides is 1. The summed E-state index contributed by atoms with van der Waals surface area (Å²) in [4.78, 5) is 16.6. The third-order valence-corrected chi connectivity index (χ3v) is 4.98. The minimum absolute atomic E-state index is 0.00339. The maximum atomic E-state index is 12.4. The molecule has 6 nitrogen and oxygen atoms in total. The van der Waals surface area contributed by atoms with Crippen LogP contribution >= 0.6 is 0 Å². The number of ether oxygens (including phenoxy) is 1. The van der Waals surface area contributed by atoms with E-state index in [0.717, 1.165) is 0 Å². The summed E-state index contributed by atoms with van der Waals surface area (Å²) >= 11 is 0. The second-order valence-electron chi connectivity index (χ2n) is 6.78. The fourth-order valence-electron chi connectivity index (χ4n) is 3.00. The van der Waals surface area contributed by atoms with E-state index < -0.39 is 0 Å². The number of H-pyrrole nitrogens is 1. The Morgan fingerprint density at radius 1 is 1.18 bits per heavy atom. The molecule has 3 rings (SSSR count). The van der Waals surface area contributed by atoms with E-state index in [2.05, 4.69) is 48.2 Å². The number of carbonyl (C=O) groups excluding carboxylic acids is 1. The molecule has 0 bridgehead atoms. The fourth-order valence-corrected chi connectivity index (χ4v) is 3.00. The lowest BCUT2D eigenvalue weighted by Gasteiger charge is -2.07. The second kappa shape index (κ2) is 4.83. The fraction of sp³-hybridized carbons (Fsp3) is 0.438. The van der Waals surface area contributed by atoms with Gasteiger partial charge in [-0.3, -0.25) is 9.89 Å². The van der Waals surface area contributed by atoms with Crippen LogP contribution in [0.5, 0.6) is 11.5 Å². The van der Waals surface area contributed by atoms with Crippen LogP contribution in [0.15, 0.2) is 30.7 Å². The van der Waals surface area contributed by atoms with Crippen LogP contribution < -0.4 is 10.1 Å². The minimum Gasteiger partial charge on any atom is -0.452 e. The van der Waals surface area contributed by atoms with Crippen LogP contribution in [0.2, 0.25) is 0 Å². The molecule has 2 heterocycles. The Bertz CT molecular complexity index is 661. The van der Waals surface area contributed by atoms with Crippen molar-refractivity contribution in [2.75, 3.05) is 5.32 Å². The number of hydrogen-bond donors (Lipinski definition) is 2. The predicted octanol–water partition coefficient (Wildman–Crippen LogP) is 3.22. The smallest absolute Gasteiger partial charge is 0.229 e. The molecule has 2 aromatic heterocycles. The van der Waals surface area contributed by atoms with Gasteiger partial charge in [0, 0.05) is 5.92 Å². The first kappa shape index (κ1) is 14.6. The normalized spacial score (nSPS) is 18.7. The molecule has 0 unspecified atom stereocenters. The van der Waals surface area contributed by atoms with Crippen LogP contribution in [0.4, 0.5) is 5.82 Å². The zero-order chi connectivity index (χ0) is 16.0. The van der Waals surface area contributed by atoms with E-state index in [1.165, 1.54) is 0 Å². The number of hydrogen-bond acceptors (Lipinski definition) is 4. The molecule has 116 valence electrons. The Hall–Kier alpha value is -2.37. The Morgan fingerprint density at radius 3 is 2.41 bits per heavy atom. The van der Waals surface area contributed by atoms with Gasteiger partial charge in [0.25, 0.3) is 0 Å². The molecule has 1 aliphatic rings. The highest BCUT2D eigenvalue weighted by atomic mass is 16.5. The van der Waals surface area contributed by atoms with Crippen LogP contribution in [0, 0.1) is 16.7 Å². The second-order valence-corrected chi connectivity index (χ2v) is 6.78. The number of rotatable bonds is 4. The van der Waals surface area contributed by atoms with Gasteiger partial charge in [0.2, 0.25) is 5.91 Å². The summed E-state index contributed by atoms with van der Waals surface area (Å²) < 4.78 is 5.54. The van der Waals surface area contributed by atoms with E-state index in [0.29, 0.717) is 17.3 Å². The topological polar surface area (TPSA) is 79.9 Å². The highest BCUT2D eigenvalue weighted by Crippen LogP contribution is 2.68. The molecule has 0 aliphatic heterocycles. The number of aromatic nitrogens is 3. The van der Waals surface area contributed by atoms with Gasteiger partial charge in [-0.2, -0.15) is 5.10 Å². The Balaban J connectivity index is 1.63. The van der Waals surface area contributed by atoms with Gasteiger partial charge in [-0.25, -0.2) is 4.98 Å². The van der Waals surface area contributed by atoms with Crippen molar-refractivity contribution in [3.05, 3.63) is 30.7 Å². The molecule has 22 heavy (non-hydrogen) atoms. The van der Waals surface area contributed by atoms with Crippen LogP contribution in [-0.2, 0) is 4.79 Å². The Labute approximate surface area is 129 Å². The summed E-state index contributed by atoms with van der Waals surface area (Å²) in [5, 5.41) is 9.35. The standard InChI is InChI=1S/C16H20N4O2/c1-15(2)13(16(15,3)4)14(21)20-12-6-5-10(7-17-12)22-11-8-18-19-9-11/h5-9,13H,1-4H3,(H,18,19)(H,17,20,21). The molecule has 6 heteroatoms. The van der Waals surface area contributed by atoms with Crippen molar-refractivity contribution in [1.82, 2.24) is 15.2 Å². The van der Waals surface area contributed by atoms with Crippen LogP contribution in [0.1, 0.15) is 27.7 Å². The molecule has 1 aliphatic carbocycles. The van der Waals surface area contributed by atoms with Gasteiger partial charge in [-0.05, 0) is 23.0 Å². The summed E-state index contributed by atoms with van der Waals surface area (Å²) in [6.45, 7) is 8.47. The number of aromatic amines is 1. The van der Waals surface area contributed by atoms with Crippen LogP contribution in [-0.4, -0.2) is 21.1 Å². The molecule has 2 N–H and O–H groups in total. The van der Waals surface area contributed by atoms with E-state index in [1.54, 1.807) is 30.7 Å². The van der Waals surface area contributed by atoms with Crippen molar-refractivity contribution in [2.45, 2.75) is 27.7 Å². The van der Waals surface area contributed by atoms with Gasteiger partial charge >= 0.3 is 0 Å². The molecular formula is C16H20N4O2. The first-order valence-corrected chi connectivity index (χ1v) is 7.26. The minimum atomic E-state index is 0.00339. The van der Waals surface area contributed by atoms with Gasteiger partial charge < -0.3 is 10.1 Å². The summed E-state index contributed by atoms with van der Waals surface area (Å²) in [5.41, 5.74) is 0.0306. The zero-order valence-corrected chi connectivity index (χ0v) is 13.2. The summed E-state index contributed by atoms with van der Waals surface area (Å²) in [5.74, 6) is 1.75. The SMILES string of the molecule is CC1(C)C(C(=O)Nc2ccc(Oc3cn[nH]c3)cn2)C1(C)C. The van der Waals surface area contributed by atoms with Crippen molar-refractivity contribution in [2.24, 2.45) is 16.7 Å². The Kier molecular flexibility index (Phi) is 3.20. The van der Waals surface area contributed by atoms with E-state index in [1.807, 2.05) is 0 Å². The van der Waals surface area contributed by atoms with Gasteiger partial charge in [0.15, 0.2) is 5.75 Å². The maximum absolute atomic E-state index is 12.4. The third-order valence-electron chi connectivity index (χ3n) is 4.98. The zero-order valence-electron chi connectivity index (χ0n) is 13.2. The van der Waals surface area contributed by atoms with E-state index in [-0.39, 0.29) is 22.7 Å². The first-order valence-electron chi connectivity index (χ1n) is 7.26. The lowest BCUT2D eigenvalue weighted by molar-refractivity contribution is -0.118. The number of nitrogens with one attached hydrogen (secondary N) is 2. The van der Waals surface area contributed by atoms with Crippen molar-refractivity contribution < 1.29 is 9.53 Å².